The fourth-order valence-electron chi connectivity index (χ4n) is 1.82. The van der Waals surface area contributed by atoms with Gasteiger partial charge >= 0.3 is 6.18 Å². The van der Waals surface area contributed by atoms with Gasteiger partial charge in [0.25, 0.3) is 0 Å². The highest BCUT2D eigenvalue weighted by molar-refractivity contribution is 6.35. The lowest BCUT2D eigenvalue weighted by Crippen LogP contribution is -2.10. The molecule has 0 unspecified atom stereocenters. The third kappa shape index (κ3) is 3.46. The van der Waals surface area contributed by atoms with Crippen molar-refractivity contribution in [3.63, 3.8) is 0 Å². The highest BCUT2D eigenvalue weighted by atomic mass is 35.5. The van der Waals surface area contributed by atoms with Crippen molar-refractivity contribution in [2.75, 3.05) is 0 Å². The van der Waals surface area contributed by atoms with E-state index in [4.69, 9.17) is 28.5 Å². The Kier molecular flexibility index (Phi) is 4.40. The molecule has 1 aromatic heterocycles. The van der Waals surface area contributed by atoms with Crippen molar-refractivity contribution in [1.82, 2.24) is 4.98 Å². The molecular weight excluding hydrogens is 324 g/mol. The van der Waals surface area contributed by atoms with Gasteiger partial charge in [-0.2, -0.15) is 18.4 Å². The number of hydrogen-bond acceptors (Lipinski definition) is 2. The van der Waals surface area contributed by atoms with Gasteiger partial charge in [-0.15, -0.1) is 0 Å². The third-order valence-corrected chi connectivity index (χ3v) is 3.33. The number of nitriles is 1. The molecule has 2 aromatic rings. The maximum atomic E-state index is 12.9. The summed E-state index contributed by atoms with van der Waals surface area (Å²) in [6, 6.07) is 7.53. The van der Waals surface area contributed by atoms with Gasteiger partial charge in [-0.05, 0) is 29.8 Å². The Morgan fingerprint density at radius 1 is 1.19 bits per heavy atom. The minimum absolute atomic E-state index is 0.147. The zero-order valence-corrected chi connectivity index (χ0v) is 11.9. The van der Waals surface area contributed by atoms with Crippen LogP contribution < -0.4 is 0 Å². The number of nitrogens with zero attached hydrogens (tertiary/aromatic N) is 2. The first kappa shape index (κ1) is 15.6. The number of hydrogen-bond donors (Lipinski definition) is 0. The summed E-state index contributed by atoms with van der Waals surface area (Å²) in [7, 11) is 0. The molecule has 1 aromatic carbocycles. The van der Waals surface area contributed by atoms with E-state index in [2.05, 4.69) is 4.98 Å². The number of benzene rings is 1. The fraction of sp³-hybridized carbons (Fsp3) is 0.143. The Balaban J connectivity index is 2.60. The molecule has 0 amide bonds. The van der Waals surface area contributed by atoms with Gasteiger partial charge in [0.1, 0.15) is 0 Å². The van der Waals surface area contributed by atoms with E-state index in [1.165, 1.54) is 18.2 Å². The topological polar surface area (TPSA) is 36.7 Å². The van der Waals surface area contributed by atoms with Crippen LogP contribution in [-0.4, -0.2) is 4.98 Å². The van der Waals surface area contributed by atoms with Gasteiger partial charge in [-0.3, -0.25) is 4.98 Å². The van der Waals surface area contributed by atoms with Crippen molar-refractivity contribution in [3.05, 3.63) is 51.6 Å². The van der Waals surface area contributed by atoms with E-state index in [0.717, 1.165) is 0 Å². The van der Waals surface area contributed by atoms with Crippen molar-refractivity contribution in [2.24, 2.45) is 0 Å². The summed E-state index contributed by atoms with van der Waals surface area (Å²) in [6.07, 6.45) is -4.22. The van der Waals surface area contributed by atoms with Crippen LogP contribution in [0.4, 0.5) is 13.2 Å². The molecule has 108 valence electrons. The molecule has 0 bridgehead atoms. The van der Waals surface area contributed by atoms with Gasteiger partial charge < -0.3 is 0 Å². The minimum Gasteiger partial charge on any atom is -0.256 e. The van der Waals surface area contributed by atoms with Gasteiger partial charge in [0.2, 0.25) is 0 Å². The molecule has 7 heteroatoms. The molecule has 0 saturated heterocycles. The average molecular weight is 331 g/mol. The Morgan fingerprint density at radius 2 is 1.90 bits per heavy atom. The molecule has 1 heterocycles. The predicted octanol–water partition coefficient (Wildman–Crippen LogP) is 5.14. The minimum atomic E-state index is -4.56. The molecule has 0 atom stereocenters. The highest BCUT2D eigenvalue weighted by Crippen LogP contribution is 2.35. The SMILES string of the molecule is N#CCc1cc(-c2cc(Cl)ccc2Cl)ncc1C(F)(F)F. The van der Waals surface area contributed by atoms with Crippen molar-refractivity contribution < 1.29 is 13.2 Å². The lowest BCUT2D eigenvalue weighted by Gasteiger charge is -2.12. The largest absolute Gasteiger partial charge is 0.418 e. The van der Waals surface area contributed by atoms with Crippen molar-refractivity contribution in [1.29, 1.82) is 5.26 Å². The van der Waals surface area contributed by atoms with Gasteiger partial charge in [0.15, 0.2) is 0 Å². The summed E-state index contributed by atoms with van der Waals surface area (Å²) in [4.78, 5) is 3.79. The smallest absolute Gasteiger partial charge is 0.256 e. The lowest BCUT2D eigenvalue weighted by molar-refractivity contribution is -0.138. The van der Waals surface area contributed by atoms with Crippen LogP contribution in [0, 0.1) is 11.3 Å². The monoisotopic (exact) mass is 330 g/mol. The van der Waals surface area contributed by atoms with E-state index in [1.54, 1.807) is 12.1 Å². The molecule has 2 nitrogen and oxygen atoms in total. The molecule has 21 heavy (non-hydrogen) atoms. The van der Waals surface area contributed by atoms with Crippen LogP contribution in [0.25, 0.3) is 11.3 Å². The molecular formula is C14H7Cl2F3N2. The second kappa shape index (κ2) is 5.92. The molecule has 0 aliphatic carbocycles. The summed E-state index contributed by atoms with van der Waals surface area (Å²) in [5.41, 5.74) is -0.421. The Hall–Kier alpha value is -1.77. The molecule has 0 spiro atoms. The van der Waals surface area contributed by atoms with E-state index in [-0.39, 0.29) is 17.7 Å². The number of pyridine rings is 1. The molecule has 0 fully saturated rings. The molecule has 2 rings (SSSR count). The number of halogens is 5. The molecule has 0 radical (unpaired) electrons. The maximum absolute atomic E-state index is 12.9. The Bertz CT molecular complexity index is 721. The Labute approximate surface area is 128 Å². The van der Waals surface area contributed by atoms with E-state index in [1.807, 2.05) is 0 Å². The van der Waals surface area contributed by atoms with E-state index in [0.29, 0.717) is 21.8 Å². The summed E-state index contributed by atoms with van der Waals surface area (Å²) in [6.45, 7) is 0. The number of alkyl halides is 3. The van der Waals surface area contributed by atoms with Crippen LogP contribution in [0.1, 0.15) is 11.1 Å². The maximum Gasteiger partial charge on any atom is 0.418 e. The number of aromatic nitrogens is 1. The fourth-order valence-corrected chi connectivity index (χ4v) is 2.21. The predicted molar refractivity (Wildman–Crippen MR) is 74.0 cm³/mol. The van der Waals surface area contributed by atoms with Crippen LogP contribution in [0.5, 0.6) is 0 Å². The second-order valence-electron chi connectivity index (χ2n) is 4.18. The van der Waals surface area contributed by atoms with Gasteiger partial charge in [0, 0.05) is 16.8 Å². The average Bonchev–Trinajstić information content (AvgIpc) is 2.40. The number of rotatable bonds is 2. The first-order valence-electron chi connectivity index (χ1n) is 5.71. The standard InChI is InChI=1S/C14H7Cl2F3N2/c15-9-1-2-12(16)10(6-9)13-5-8(3-4-20)11(7-21-13)14(17,18)19/h1-2,5-7H,3H2. The van der Waals surface area contributed by atoms with Crippen molar-refractivity contribution in [3.8, 4) is 17.3 Å². The second-order valence-corrected chi connectivity index (χ2v) is 5.03. The first-order valence-corrected chi connectivity index (χ1v) is 6.47. The summed E-state index contributed by atoms with van der Waals surface area (Å²) in [5, 5.41) is 9.39. The van der Waals surface area contributed by atoms with Crippen LogP contribution >= 0.6 is 23.2 Å². The van der Waals surface area contributed by atoms with Gasteiger partial charge in [0.05, 0.1) is 28.8 Å². The summed E-state index contributed by atoms with van der Waals surface area (Å²) >= 11 is 11.9. The highest BCUT2D eigenvalue weighted by Gasteiger charge is 2.34. The van der Waals surface area contributed by atoms with Crippen LogP contribution in [0.15, 0.2) is 30.5 Å². The Morgan fingerprint density at radius 3 is 2.52 bits per heavy atom. The molecule has 0 aliphatic rings. The third-order valence-electron chi connectivity index (χ3n) is 2.77. The van der Waals surface area contributed by atoms with Gasteiger partial charge in [-0.1, -0.05) is 23.2 Å². The summed E-state index contributed by atoms with van der Waals surface area (Å²) < 4.78 is 38.6. The van der Waals surface area contributed by atoms with Crippen LogP contribution in [0.2, 0.25) is 10.0 Å². The van der Waals surface area contributed by atoms with E-state index in [9.17, 15) is 13.2 Å². The van der Waals surface area contributed by atoms with Crippen LogP contribution in [0.3, 0.4) is 0 Å². The van der Waals surface area contributed by atoms with Crippen molar-refractivity contribution >= 4 is 23.2 Å². The quantitative estimate of drug-likeness (QED) is 0.764. The zero-order valence-electron chi connectivity index (χ0n) is 10.4. The van der Waals surface area contributed by atoms with E-state index < -0.39 is 11.7 Å². The zero-order chi connectivity index (χ0) is 15.6. The summed E-state index contributed by atoms with van der Waals surface area (Å²) in [5.74, 6) is 0. The van der Waals surface area contributed by atoms with Gasteiger partial charge in [-0.25, -0.2) is 0 Å². The van der Waals surface area contributed by atoms with Crippen molar-refractivity contribution in [2.45, 2.75) is 12.6 Å². The van der Waals surface area contributed by atoms with E-state index >= 15 is 0 Å². The normalized spacial score (nSPS) is 11.2. The molecule has 0 aliphatic heterocycles. The lowest BCUT2D eigenvalue weighted by atomic mass is 10.0. The molecule has 0 saturated carbocycles. The molecule has 0 N–H and O–H groups in total. The first-order chi connectivity index (χ1) is 9.82. The van der Waals surface area contributed by atoms with Crippen LogP contribution in [-0.2, 0) is 12.6 Å².